The topological polar surface area (TPSA) is 0 Å². The highest BCUT2D eigenvalue weighted by Gasteiger charge is 2.49. The van der Waals surface area contributed by atoms with E-state index < -0.39 is 14.8 Å². The van der Waals surface area contributed by atoms with Crippen LogP contribution < -0.4 is 10.4 Å². The highest BCUT2D eigenvalue weighted by atomic mass is 35.6. The van der Waals surface area contributed by atoms with E-state index in [1.165, 1.54) is 31.9 Å². The third kappa shape index (κ3) is 4.25. The molecule has 0 bridgehead atoms. The standard InChI is InChI=1S/C30H32Cl2Si2/c1-29(2,3)33(31,27-19-11-15-23-13-7-9-17-25(23)27)21-22-34(32,30(4,5)6)28-20-12-16-24-14-8-10-18-26(24)28/h7-20H,1-6H3. The SMILES string of the molecule is CC(C)(C)[Si](Cl)(C#C[Si](Cl)(c1cccc2ccccc12)C(C)(C)C)c1cccc2ccccc12. The zero-order chi connectivity index (χ0) is 24.8. The predicted molar refractivity (Wildman–Crippen MR) is 158 cm³/mol. The van der Waals surface area contributed by atoms with Gasteiger partial charge < -0.3 is 0 Å². The lowest BCUT2D eigenvalue weighted by Gasteiger charge is -2.37. The monoisotopic (exact) mass is 518 g/mol. The molecular weight excluding hydrogens is 487 g/mol. The molecule has 4 aromatic carbocycles. The van der Waals surface area contributed by atoms with Crippen LogP contribution in [0.1, 0.15) is 41.5 Å². The fraction of sp³-hybridized carbons (Fsp3) is 0.267. The van der Waals surface area contributed by atoms with Gasteiger partial charge in [-0.3, -0.25) is 0 Å². The van der Waals surface area contributed by atoms with E-state index in [1.54, 1.807) is 0 Å². The van der Waals surface area contributed by atoms with Gasteiger partial charge >= 0.3 is 0 Å². The average Bonchev–Trinajstić information content (AvgIpc) is 2.80. The summed E-state index contributed by atoms with van der Waals surface area (Å²) < 4.78 is 0. The maximum atomic E-state index is 7.71. The normalized spacial score (nSPS) is 15.9. The van der Waals surface area contributed by atoms with Gasteiger partial charge in [-0.2, -0.15) is 0 Å². The Morgan fingerprint density at radius 3 is 1.18 bits per heavy atom. The summed E-state index contributed by atoms with van der Waals surface area (Å²) in [6, 6.07) is 29.8. The van der Waals surface area contributed by atoms with Crippen LogP contribution in [0.5, 0.6) is 0 Å². The summed E-state index contributed by atoms with van der Waals surface area (Å²) in [6.45, 7) is 13.3. The molecule has 0 amide bonds. The number of benzene rings is 4. The summed E-state index contributed by atoms with van der Waals surface area (Å²) in [7, 11) is -5.64. The highest BCUT2D eigenvalue weighted by Crippen LogP contribution is 2.42. The Balaban J connectivity index is 2.01. The molecule has 0 aliphatic heterocycles. The van der Waals surface area contributed by atoms with Gasteiger partial charge in [-0.05, 0) is 42.0 Å². The molecular formula is C30H32Cl2Si2. The van der Waals surface area contributed by atoms with Crippen LogP contribution in [0.3, 0.4) is 0 Å². The fourth-order valence-corrected chi connectivity index (χ4v) is 12.2. The van der Waals surface area contributed by atoms with Crippen LogP contribution >= 0.6 is 22.2 Å². The Kier molecular flexibility index (Phi) is 6.55. The quantitative estimate of drug-likeness (QED) is 0.142. The minimum Gasteiger partial charge on any atom is -0.143 e. The first-order chi connectivity index (χ1) is 15.9. The van der Waals surface area contributed by atoms with Crippen molar-refractivity contribution in [3.63, 3.8) is 0 Å². The van der Waals surface area contributed by atoms with E-state index in [0.717, 1.165) is 0 Å². The van der Waals surface area contributed by atoms with Crippen molar-refractivity contribution in [3.05, 3.63) is 84.9 Å². The van der Waals surface area contributed by atoms with Crippen molar-refractivity contribution in [2.45, 2.75) is 51.6 Å². The summed E-state index contributed by atoms with van der Waals surface area (Å²) >= 11 is 15.4. The molecule has 0 aliphatic rings. The smallest absolute Gasteiger partial charge is 0.143 e. The van der Waals surface area contributed by atoms with Crippen LogP contribution in [0.4, 0.5) is 0 Å². The Hall–Kier alpha value is -2.03. The Morgan fingerprint density at radius 2 is 0.824 bits per heavy atom. The Bertz CT molecular complexity index is 1300. The number of halogens is 2. The van der Waals surface area contributed by atoms with Crippen molar-refractivity contribution in [2.24, 2.45) is 0 Å². The number of rotatable bonds is 2. The average molecular weight is 520 g/mol. The van der Waals surface area contributed by atoms with Crippen molar-refractivity contribution in [1.82, 2.24) is 0 Å². The zero-order valence-corrected chi connectivity index (χ0v) is 24.4. The van der Waals surface area contributed by atoms with Gasteiger partial charge in [0.15, 0.2) is 0 Å². The number of hydrogen-bond acceptors (Lipinski definition) is 0. The van der Waals surface area contributed by atoms with E-state index >= 15 is 0 Å². The maximum absolute atomic E-state index is 7.71. The van der Waals surface area contributed by atoms with Gasteiger partial charge in [0.2, 0.25) is 0 Å². The fourth-order valence-electron chi connectivity index (χ4n) is 4.54. The molecule has 0 aromatic heterocycles. The molecule has 4 aromatic rings. The van der Waals surface area contributed by atoms with E-state index in [4.69, 9.17) is 22.2 Å². The van der Waals surface area contributed by atoms with Crippen molar-refractivity contribution in [1.29, 1.82) is 0 Å². The van der Waals surface area contributed by atoms with Crippen LogP contribution in [0.25, 0.3) is 21.5 Å². The molecule has 0 aliphatic carbocycles. The van der Waals surface area contributed by atoms with Gasteiger partial charge in [0.05, 0.1) is 0 Å². The summed E-state index contributed by atoms with van der Waals surface area (Å²) in [4.78, 5) is 0. The molecule has 4 heteroatoms. The first-order valence-corrected chi connectivity index (χ1v) is 17.8. The maximum Gasteiger partial charge on any atom is 0.268 e. The lowest BCUT2D eigenvalue weighted by Crippen LogP contribution is -2.53. The summed E-state index contributed by atoms with van der Waals surface area (Å²) in [5.41, 5.74) is 7.48. The summed E-state index contributed by atoms with van der Waals surface area (Å²) in [6.07, 6.45) is 0. The van der Waals surface area contributed by atoms with Crippen LogP contribution in [0.2, 0.25) is 10.1 Å². The van der Waals surface area contributed by atoms with Crippen LogP contribution in [-0.2, 0) is 0 Å². The van der Waals surface area contributed by atoms with Crippen molar-refractivity contribution in [2.75, 3.05) is 0 Å². The van der Waals surface area contributed by atoms with Crippen LogP contribution in [0, 0.1) is 11.1 Å². The van der Waals surface area contributed by atoms with E-state index in [1.807, 2.05) is 0 Å². The summed E-state index contributed by atoms with van der Waals surface area (Å²) in [5, 5.41) is 6.76. The van der Waals surface area contributed by atoms with E-state index in [0.29, 0.717) is 0 Å². The van der Waals surface area contributed by atoms with Crippen LogP contribution in [0.15, 0.2) is 84.9 Å². The van der Waals surface area contributed by atoms with Gasteiger partial charge in [0, 0.05) is 0 Å². The molecule has 0 saturated carbocycles. The largest absolute Gasteiger partial charge is 0.268 e. The molecule has 0 fully saturated rings. The van der Waals surface area contributed by atoms with Gasteiger partial charge in [0.25, 0.3) is 14.8 Å². The second-order valence-electron chi connectivity index (χ2n) is 11.1. The van der Waals surface area contributed by atoms with Crippen LogP contribution in [-0.4, -0.2) is 14.8 Å². The van der Waals surface area contributed by atoms with Crippen molar-refractivity contribution < 1.29 is 0 Å². The highest BCUT2D eigenvalue weighted by molar-refractivity contribution is 7.37. The molecule has 0 radical (unpaired) electrons. The lowest BCUT2D eigenvalue weighted by atomic mass is 10.1. The Morgan fingerprint density at radius 1 is 0.500 bits per heavy atom. The second kappa shape index (κ2) is 8.88. The molecule has 0 heterocycles. The van der Waals surface area contributed by atoms with Gasteiger partial charge in [-0.1, -0.05) is 126 Å². The third-order valence-corrected chi connectivity index (χ3v) is 19.7. The predicted octanol–water partition coefficient (Wildman–Crippen LogP) is 8.16. The minimum atomic E-state index is -2.82. The molecule has 174 valence electrons. The molecule has 0 N–H and O–H groups in total. The molecule has 0 spiro atoms. The lowest BCUT2D eigenvalue weighted by molar-refractivity contribution is 0.744. The van der Waals surface area contributed by atoms with Gasteiger partial charge in [0.1, 0.15) is 0 Å². The van der Waals surface area contributed by atoms with Gasteiger partial charge in [-0.25, -0.2) is 0 Å². The zero-order valence-electron chi connectivity index (χ0n) is 20.8. The first-order valence-electron chi connectivity index (χ1n) is 11.8. The van der Waals surface area contributed by atoms with Crippen molar-refractivity contribution in [3.8, 4) is 11.1 Å². The molecule has 0 saturated heterocycles. The first kappa shape index (κ1) is 25.1. The summed E-state index contributed by atoms with van der Waals surface area (Å²) in [5.74, 6) is 0. The number of fused-ring (bicyclic) bond motifs is 2. The van der Waals surface area contributed by atoms with Gasteiger partial charge in [-0.15, -0.1) is 33.2 Å². The minimum absolute atomic E-state index is 0.186. The third-order valence-electron chi connectivity index (χ3n) is 6.80. The Labute approximate surface area is 215 Å². The number of hydrogen-bond donors (Lipinski definition) is 0. The van der Waals surface area contributed by atoms with E-state index in [2.05, 4.69) is 138 Å². The van der Waals surface area contributed by atoms with E-state index in [9.17, 15) is 0 Å². The van der Waals surface area contributed by atoms with E-state index in [-0.39, 0.29) is 10.1 Å². The molecule has 4 rings (SSSR count). The van der Waals surface area contributed by atoms with Crippen molar-refractivity contribution >= 4 is 68.8 Å². The molecule has 34 heavy (non-hydrogen) atoms. The molecule has 2 atom stereocenters. The second-order valence-corrected chi connectivity index (χ2v) is 21.7. The molecule has 2 unspecified atom stereocenters. The molecule has 0 nitrogen and oxygen atoms in total.